The van der Waals surface area contributed by atoms with Gasteiger partial charge in [0.25, 0.3) is 0 Å². The largest absolute Gasteiger partial charge is 0.396 e. The summed E-state index contributed by atoms with van der Waals surface area (Å²) in [5.41, 5.74) is 9.92. The van der Waals surface area contributed by atoms with E-state index in [9.17, 15) is 0 Å². The van der Waals surface area contributed by atoms with Crippen molar-refractivity contribution in [1.82, 2.24) is 4.98 Å². The minimum Gasteiger partial charge on any atom is -0.396 e. The van der Waals surface area contributed by atoms with E-state index < -0.39 is 0 Å². The topological polar surface area (TPSA) is 50.9 Å². The molecule has 0 unspecified atom stereocenters. The molecule has 0 bridgehead atoms. The van der Waals surface area contributed by atoms with Crippen molar-refractivity contribution in [3.05, 3.63) is 30.0 Å². The summed E-state index contributed by atoms with van der Waals surface area (Å²) in [5, 5.41) is 4.26. The van der Waals surface area contributed by atoms with Gasteiger partial charge in [-0.25, -0.2) is 0 Å². The van der Waals surface area contributed by atoms with Gasteiger partial charge in [-0.1, -0.05) is 19.9 Å². The number of nitrogens with one attached hydrogen (secondary N) is 1. The molecule has 1 aromatic heterocycles. The zero-order valence-electron chi connectivity index (χ0n) is 10.6. The predicted octanol–water partition coefficient (Wildman–Crippen LogP) is 3.37. The summed E-state index contributed by atoms with van der Waals surface area (Å²) < 4.78 is 0. The van der Waals surface area contributed by atoms with Crippen molar-refractivity contribution in [2.75, 3.05) is 18.1 Å². The molecule has 90 valence electrons. The standard InChI is InChI=1S/C14H19N3/c1-4-9(2)10-5-6-13-11(7-10)14(16-3)12(15)8-17-13/h5-9H,4,15H2,1-3H3,(H,16,17)/t9-/m1/s1. The van der Waals surface area contributed by atoms with Crippen molar-refractivity contribution in [2.45, 2.75) is 26.2 Å². The summed E-state index contributed by atoms with van der Waals surface area (Å²) in [6.07, 6.45) is 2.84. The highest BCUT2D eigenvalue weighted by Gasteiger charge is 2.08. The number of pyridine rings is 1. The summed E-state index contributed by atoms with van der Waals surface area (Å²) in [5.74, 6) is 0.561. The Labute approximate surface area is 102 Å². The fourth-order valence-corrected chi connectivity index (χ4v) is 2.05. The molecule has 0 fully saturated rings. The number of benzene rings is 1. The predicted molar refractivity (Wildman–Crippen MR) is 74.4 cm³/mol. The Morgan fingerprint density at radius 3 is 2.82 bits per heavy atom. The number of anilines is 2. The SMILES string of the molecule is CC[C@@H](C)c1ccc2ncc(N)c(NC)c2c1. The quantitative estimate of drug-likeness (QED) is 0.848. The lowest BCUT2D eigenvalue weighted by molar-refractivity contribution is 0.734. The molecule has 3 heteroatoms. The summed E-state index contributed by atoms with van der Waals surface area (Å²) in [6, 6.07) is 6.41. The van der Waals surface area contributed by atoms with E-state index in [1.165, 1.54) is 5.56 Å². The fraction of sp³-hybridized carbons (Fsp3) is 0.357. The van der Waals surface area contributed by atoms with E-state index in [1.807, 2.05) is 7.05 Å². The molecule has 0 amide bonds. The Balaban J connectivity index is 2.65. The van der Waals surface area contributed by atoms with Gasteiger partial charge in [0.2, 0.25) is 0 Å². The second-order valence-electron chi connectivity index (χ2n) is 4.42. The number of hydrogen-bond acceptors (Lipinski definition) is 3. The Bertz CT molecular complexity index is 534. The Hall–Kier alpha value is -1.77. The van der Waals surface area contributed by atoms with Crippen molar-refractivity contribution in [3.8, 4) is 0 Å². The molecular formula is C14H19N3. The van der Waals surface area contributed by atoms with Gasteiger partial charge < -0.3 is 11.1 Å². The average Bonchev–Trinajstić information content (AvgIpc) is 2.37. The lowest BCUT2D eigenvalue weighted by Gasteiger charge is -2.13. The summed E-state index contributed by atoms with van der Waals surface area (Å²) in [6.45, 7) is 4.44. The van der Waals surface area contributed by atoms with E-state index in [2.05, 4.69) is 42.3 Å². The molecule has 1 aromatic carbocycles. The molecule has 0 aliphatic carbocycles. The van der Waals surface area contributed by atoms with Crippen LogP contribution < -0.4 is 11.1 Å². The third kappa shape index (κ3) is 2.05. The summed E-state index contributed by atoms with van der Waals surface area (Å²) in [4.78, 5) is 4.35. The van der Waals surface area contributed by atoms with E-state index in [4.69, 9.17) is 5.73 Å². The van der Waals surface area contributed by atoms with Gasteiger partial charge >= 0.3 is 0 Å². The number of aromatic nitrogens is 1. The van der Waals surface area contributed by atoms with Gasteiger partial charge in [0.05, 0.1) is 23.1 Å². The van der Waals surface area contributed by atoms with Gasteiger partial charge in [-0.3, -0.25) is 4.98 Å². The van der Waals surface area contributed by atoms with E-state index in [0.29, 0.717) is 11.6 Å². The smallest absolute Gasteiger partial charge is 0.0742 e. The van der Waals surface area contributed by atoms with Crippen LogP contribution in [0.1, 0.15) is 31.7 Å². The van der Waals surface area contributed by atoms with Crippen LogP contribution in [0.5, 0.6) is 0 Å². The molecule has 3 N–H and O–H groups in total. The van der Waals surface area contributed by atoms with Crippen LogP contribution in [0, 0.1) is 0 Å². The highest BCUT2D eigenvalue weighted by atomic mass is 14.9. The molecule has 3 nitrogen and oxygen atoms in total. The second-order valence-corrected chi connectivity index (χ2v) is 4.42. The second kappa shape index (κ2) is 4.62. The van der Waals surface area contributed by atoms with E-state index >= 15 is 0 Å². The summed E-state index contributed by atoms with van der Waals surface area (Å²) in [7, 11) is 1.89. The summed E-state index contributed by atoms with van der Waals surface area (Å²) >= 11 is 0. The van der Waals surface area contributed by atoms with Crippen molar-refractivity contribution in [1.29, 1.82) is 0 Å². The van der Waals surface area contributed by atoms with Crippen LogP contribution in [0.25, 0.3) is 10.9 Å². The monoisotopic (exact) mass is 229 g/mol. The van der Waals surface area contributed by atoms with Crippen molar-refractivity contribution >= 4 is 22.3 Å². The molecule has 1 atom stereocenters. The van der Waals surface area contributed by atoms with E-state index in [-0.39, 0.29) is 0 Å². The number of nitrogens with zero attached hydrogens (tertiary/aromatic N) is 1. The van der Waals surface area contributed by atoms with Crippen LogP contribution in [0.15, 0.2) is 24.4 Å². The third-order valence-corrected chi connectivity index (χ3v) is 3.35. The van der Waals surface area contributed by atoms with Crippen LogP contribution in [-0.4, -0.2) is 12.0 Å². The first-order chi connectivity index (χ1) is 8.17. The molecule has 2 aromatic rings. The van der Waals surface area contributed by atoms with Crippen LogP contribution in [0.3, 0.4) is 0 Å². The van der Waals surface area contributed by atoms with Crippen LogP contribution >= 0.6 is 0 Å². The number of rotatable bonds is 3. The Morgan fingerprint density at radius 2 is 2.18 bits per heavy atom. The first kappa shape index (κ1) is 11.7. The van der Waals surface area contributed by atoms with Crippen LogP contribution in [0.4, 0.5) is 11.4 Å². The molecule has 1 heterocycles. The van der Waals surface area contributed by atoms with Crippen molar-refractivity contribution in [2.24, 2.45) is 0 Å². The Kier molecular flexibility index (Phi) is 3.18. The molecular weight excluding hydrogens is 210 g/mol. The molecule has 2 rings (SSSR count). The van der Waals surface area contributed by atoms with Gasteiger partial charge in [-0.2, -0.15) is 0 Å². The molecule has 0 aliphatic rings. The first-order valence-electron chi connectivity index (χ1n) is 6.03. The Morgan fingerprint density at radius 1 is 1.41 bits per heavy atom. The fourth-order valence-electron chi connectivity index (χ4n) is 2.05. The number of fused-ring (bicyclic) bond motifs is 1. The lowest BCUT2D eigenvalue weighted by atomic mass is 9.96. The molecule has 0 aliphatic heterocycles. The normalized spacial score (nSPS) is 12.6. The van der Waals surface area contributed by atoms with Crippen molar-refractivity contribution < 1.29 is 0 Å². The molecule has 0 radical (unpaired) electrons. The van der Waals surface area contributed by atoms with Crippen LogP contribution in [0.2, 0.25) is 0 Å². The van der Waals surface area contributed by atoms with Gasteiger partial charge in [-0.05, 0) is 30.0 Å². The van der Waals surface area contributed by atoms with Gasteiger partial charge in [-0.15, -0.1) is 0 Å². The van der Waals surface area contributed by atoms with E-state index in [0.717, 1.165) is 23.0 Å². The maximum Gasteiger partial charge on any atom is 0.0742 e. The first-order valence-corrected chi connectivity index (χ1v) is 6.03. The third-order valence-electron chi connectivity index (χ3n) is 3.35. The maximum absolute atomic E-state index is 5.93. The lowest BCUT2D eigenvalue weighted by Crippen LogP contribution is -1.99. The zero-order chi connectivity index (χ0) is 12.4. The molecule has 17 heavy (non-hydrogen) atoms. The van der Waals surface area contributed by atoms with Gasteiger partial charge in [0.15, 0.2) is 0 Å². The van der Waals surface area contributed by atoms with Crippen molar-refractivity contribution in [3.63, 3.8) is 0 Å². The average molecular weight is 229 g/mol. The van der Waals surface area contributed by atoms with Gasteiger partial charge in [0, 0.05) is 12.4 Å². The number of nitrogen functional groups attached to an aromatic ring is 1. The number of nitrogens with two attached hydrogens (primary N) is 1. The molecule has 0 saturated heterocycles. The maximum atomic E-state index is 5.93. The number of hydrogen-bond donors (Lipinski definition) is 2. The highest BCUT2D eigenvalue weighted by Crippen LogP contribution is 2.30. The van der Waals surface area contributed by atoms with Crippen LogP contribution in [-0.2, 0) is 0 Å². The minimum absolute atomic E-state index is 0.561. The molecule has 0 saturated carbocycles. The zero-order valence-corrected chi connectivity index (χ0v) is 10.6. The van der Waals surface area contributed by atoms with E-state index in [1.54, 1.807) is 6.20 Å². The van der Waals surface area contributed by atoms with Gasteiger partial charge in [0.1, 0.15) is 0 Å². The molecule has 0 spiro atoms. The highest BCUT2D eigenvalue weighted by molar-refractivity contribution is 5.97. The minimum atomic E-state index is 0.561.